The highest BCUT2D eigenvalue weighted by molar-refractivity contribution is 7.89. The maximum absolute atomic E-state index is 12.4. The van der Waals surface area contributed by atoms with Crippen LogP contribution >= 0.6 is 0 Å². The van der Waals surface area contributed by atoms with Crippen LogP contribution in [0.1, 0.15) is 5.76 Å². The van der Waals surface area contributed by atoms with Crippen LogP contribution in [-0.4, -0.2) is 8.42 Å². The molecule has 0 amide bonds. The molecule has 122 valence electrons. The summed E-state index contributed by atoms with van der Waals surface area (Å²) in [5, 5.41) is 5.12. The number of primary sulfonamides is 1. The quantitative estimate of drug-likeness (QED) is 0.793. The predicted octanol–water partition coefficient (Wildman–Crippen LogP) is 2.93. The summed E-state index contributed by atoms with van der Waals surface area (Å²) in [7, 11) is -3.76. The summed E-state index contributed by atoms with van der Waals surface area (Å²) in [5.74, 6) is 0.477. The molecule has 24 heavy (non-hydrogen) atoms. The average molecular weight is 341 g/mol. The molecular weight excluding hydrogens is 326 g/mol. The van der Waals surface area contributed by atoms with Crippen molar-refractivity contribution in [2.24, 2.45) is 5.14 Å². The van der Waals surface area contributed by atoms with Crippen LogP contribution in [0.5, 0.6) is 0 Å². The Morgan fingerprint density at radius 2 is 1.54 bits per heavy atom. The number of hydrogen-bond acceptors (Lipinski definition) is 4. The van der Waals surface area contributed by atoms with Gasteiger partial charge in [0.2, 0.25) is 10.0 Å². The third kappa shape index (κ3) is 3.15. The van der Waals surface area contributed by atoms with Crippen LogP contribution in [0.4, 0.5) is 0 Å². The SMILES string of the molecule is Cc1cc(-c2ccc(S(N)(=O)=O)cc2)c(-c2ccccc2)c(=O)o1. The van der Waals surface area contributed by atoms with Crippen LogP contribution in [0.25, 0.3) is 22.3 Å². The van der Waals surface area contributed by atoms with Crippen molar-refractivity contribution in [2.45, 2.75) is 11.8 Å². The Morgan fingerprint density at radius 3 is 2.12 bits per heavy atom. The van der Waals surface area contributed by atoms with E-state index in [4.69, 9.17) is 9.56 Å². The minimum Gasteiger partial charge on any atom is -0.428 e. The first-order valence-electron chi connectivity index (χ1n) is 7.19. The maximum Gasteiger partial charge on any atom is 0.344 e. The summed E-state index contributed by atoms with van der Waals surface area (Å²) in [4.78, 5) is 12.4. The molecule has 6 heteroatoms. The van der Waals surface area contributed by atoms with Gasteiger partial charge in [-0.15, -0.1) is 0 Å². The van der Waals surface area contributed by atoms with Gasteiger partial charge in [0.1, 0.15) is 5.76 Å². The third-order valence-corrected chi connectivity index (χ3v) is 4.56. The van der Waals surface area contributed by atoms with Crippen molar-refractivity contribution in [3.05, 3.63) is 76.8 Å². The van der Waals surface area contributed by atoms with Gasteiger partial charge in [0, 0.05) is 5.56 Å². The molecule has 5 nitrogen and oxygen atoms in total. The standard InChI is InChI=1S/C18H15NO4S/c1-12-11-16(13-7-9-15(10-8-13)24(19,21)22)17(18(20)23-12)14-5-3-2-4-6-14/h2-11H,1H3,(H2,19,21,22). The zero-order chi connectivity index (χ0) is 17.3. The minimum atomic E-state index is -3.76. The largest absolute Gasteiger partial charge is 0.428 e. The molecule has 1 aromatic heterocycles. The molecule has 0 atom stereocenters. The van der Waals surface area contributed by atoms with Crippen molar-refractivity contribution in [1.82, 2.24) is 0 Å². The molecule has 0 spiro atoms. The Balaban J connectivity index is 2.23. The van der Waals surface area contributed by atoms with E-state index in [0.717, 1.165) is 5.56 Å². The van der Waals surface area contributed by atoms with Crippen LogP contribution in [-0.2, 0) is 10.0 Å². The lowest BCUT2D eigenvalue weighted by atomic mass is 9.96. The van der Waals surface area contributed by atoms with E-state index in [0.29, 0.717) is 22.5 Å². The lowest BCUT2D eigenvalue weighted by molar-refractivity contribution is 0.483. The van der Waals surface area contributed by atoms with Crippen molar-refractivity contribution in [3.8, 4) is 22.3 Å². The summed E-state index contributed by atoms with van der Waals surface area (Å²) >= 11 is 0. The molecule has 1 heterocycles. The van der Waals surface area contributed by atoms with Crippen LogP contribution in [0.15, 0.2) is 74.8 Å². The number of benzene rings is 2. The molecule has 2 N–H and O–H groups in total. The Hall–Kier alpha value is -2.70. The van der Waals surface area contributed by atoms with Gasteiger partial charge in [-0.25, -0.2) is 18.4 Å². The Kier molecular flexibility index (Phi) is 4.09. The Labute approximate surface area is 139 Å². The third-order valence-electron chi connectivity index (χ3n) is 3.63. The second kappa shape index (κ2) is 6.07. The van der Waals surface area contributed by atoms with E-state index in [1.807, 2.05) is 30.3 Å². The lowest BCUT2D eigenvalue weighted by Gasteiger charge is -2.10. The molecule has 0 bridgehead atoms. The topological polar surface area (TPSA) is 90.4 Å². The van der Waals surface area contributed by atoms with Gasteiger partial charge in [0.15, 0.2) is 0 Å². The van der Waals surface area contributed by atoms with Crippen LogP contribution in [0, 0.1) is 6.92 Å². The number of aryl methyl sites for hydroxylation is 1. The van der Waals surface area contributed by atoms with Gasteiger partial charge in [0.05, 0.1) is 10.5 Å². The van der Waals surface area contributed by atoms with Crippen molar-refractivity contribution in [3.63, 3.8) is 0 Å². The monoisotopic (exact) mass is 341 g/mol. The van der Waals surface area contributed by atoms with Crippen molar-refractivity contribution < 1.29 is 12.8 Å². The van der Waals surface area contributed by atoms with E-state index in [9.17, 15) is 13.2 Å². The minimum absolute atomic E-state index is 0.0206. The number of sulfonamides is 1. The van der Waals surface area contributed by atoms with Gasteiger partial charge in [0.25, 0.3) is 0 Å². The van der Waals surface area contributed by atoms with Crippen LogP contribution in [0.2, 0.25) is 0 Å². The van der Waals surface area contributed by atoms with Gasteiger partial charge in [-0.1, -0.05) is 42.5 Å². The van der Waals surface area contributed by atoms with E-state index in [1.54, 1.807) is 25.1 Å². The second-order valence-electron chi connectivity index (χ2n) is 5.37. The van der Waals surface area contributed by atoms with Crippen molar-refractivity contribution >= 4 is 10.0 Å². The second-order valence-corrected chi connectivity index (χ2v) is 6.93. The summed E-state index contributed by atoms with van der Waals surface area (Å²) in [6.45, 7) is 1.69. The van der Waals surface area contributed by atoms with Crippen molar-refractivity contribution in [2.75, 3.05) is 0 Å². The maximum atomic E-state index is 12.4. The first kappa shape index (κ1) is 16.2. The molecule has 0 radical (unpaired) electrons. The van der Waals surface area contributed by atoms with Gasteiger partial charge >= 0.3 is 5.63 Å². The Bertz CT molecular complexity index is 1040. The molecule has 0 aliphatic carbocycles. The summed E-state index contributed by atoms with van der Waals surface area (Å²) in [5.41, 5.74) is 2.11. The molecule has 0 aliphatic heterocycles. The molecule has 0 fully saturated rings. The van der Waals surface area contributed by atoms with E-state index in [1.165, 1.54) is 12.1 Å². The predicted molar refractivity (Wildman–Crippen MR) is 92.0 cm³/mol. The molecule has 0 saturated heterocycles. The lowest BCUT2D eigenvalue weighted by Crippen LogP contribution is -2.11. The number of hydrogen-bond donors (Lipinski definition) is 1. The molecule has 2 aromatic carbocycles. The highest BCUT2D eigenvalue weighted by Gasteiger charge is 2.15. The molecule has 0 aliphatic rings. The average Bonchev–Trinajstić information content (AvgIpc) is 2.54. The van der Waals surface area contributed by atoms with Gasteiger partial charge in [-0.05, 0) is 36.2 Å². The van der Waals surface area contributed by atoms with E-state index in [2.05, 4.69) is 0 Å². The van der Waals surface area contributed by atoms with Crippen LogP contribution in [0.3, 0.4) is 0 Å². The fourth-order valence-corrected chi connectivity index (χ4v) is 3.06. The Morgan fingerprint density at radius 1 is 0.917 bits per heavy atom. The molecule has 0 unspecified atom stereocenters. The van der Waals surface area contributed by atoms with Crippen LogP contribution < -0.4 is 10.8 Å². The van der Waals surface area contributed by atoms with E-state index >= 15 is 0 Å². The summed E-state index contributed by atoms with van der Waals surface area (Å²) in [6.07, 6.45) is 0. The fraction of sp³-hybridized carbons (Fsp3) is 0.0556. The summed E-state index contributed by atoms with van der Waals surface area (Å²) in [6, 6.07) is 17.0. The molecule has 0 saturated carbocycles. The molecule has 3 rings (SSSR count). The highest BCUT2D eigenvalue weighted by atomic mass is 32.2. The smallest absolute Gasteiger partial charge is 0.344 e. The van der Waals surface area contributed by atoms with Gasteiger partial charge in [-0.3, -0.25) is 0 Å². The van der Waals surface area contributed by atoms with Gasteiger partial charge < -0.3 is 4.42 Å². The highest BCUT2D eigenvalue weighted by Crippen LogP contribution is 2.30. The number of nitrogens with two attached hydrogens (primary N) is 1. The molecular formula is C18H15NO4S. The number of rotatable bonds is 3. The summed E-state index contributed by atoms with van der Waals surface area (Å²) < 4.78 is 28.0. The van der Waals surface area contributed by atoms with Crippen molar-refractivity contribution in [1.29, 1.82) is 0 Å². The van der Waals surface area contributed by atoms with E-state index < -0.39 is 15.6 Å². The first-order valence-corrected chi connectivity index (χ1v) is 8.74. The zero-order valence-corrected chi connectivity index (χ0v) is 13.7. The zero-order valence-electron chi connectivity index (χ0n) is 12.9. The van der Waals surface area contributed by atoms with Gasteiger partial charge in [-0.2, -0.15) is 0 Å². The fourth-order valence-electron chi connectivity index (χ4n) is 2.54. The first-order chi connectivity index (χ1) is 11.4. The molecule has 3 aromatic rings. The van der Waals surface area contributed by atoms with E-state index in [-0.39, 0.29) is 4.90 Å². The normalized spacial score (nSPS) is 11.4.